The highest BCUT2D eigenvalue weighted by Gasteiger charge is 2.16. The van der Waals surface area contributed by atoms with Crippen molar-refractivity contribution in [2.75, 3.05) is 17.3 Å². The van der Waals surface area contributed by atoms with E-state index in [1.165, 1.54) is 18.0 Å². The summed E-state index contributed by atoms with van der Waals surface area (Å²) < 4.78 is 1.67. The third kappa shape index (κ3) is 4.01. The van der Waals surface area contributed by atoms with E-state index >= 15 is 0 Å². The van der Waals surface area contributed by atoms with E-state index in [9.17, 15) is 9.59 Å². The molecule has 0 unspecified atom stereocenters. The second-order valence-corrected chi connectivity index (χ2v) is 6.55. The van der Waals surface area contributed by atoms with Gasteiger partial charge in [0.25, 0.3) is 5.91 Å². The minimum Gasteiger partial charge on any atom is -0.322 e. The molecule has 27 heavy (non-hydrogen) atoms. The minimum absolute atomic E-state index is 0.0594. The predicted molar refractivity (Wildman–Crippen MR) is 107 cm³/mol. The molecule has 3 aromatic rings. The van der Waals surface area contributed by atoms with E-state index in [0.29, 0.717) is 22.0 Å². The lowest BCUT2D eigenvalue weighted by Crippen LogP contribution is -2.22. The molecule has 1 N–H and O–H groups in total. The van der Waals surface area contributed by atoms with Crippen molar-refractivity contribution in [3.05, 3.63) is 71.0 Å². The van der Waals surface area contributed by atoms with Gasteiger partial charge in [-0.15, -0.1) is 0 Å². The van der Waals surface area contributed by atoms with Crippen molar-refractivity contribution < 1.29 is 9.59 Å². The number of anilines is 2. The van der Waals surface area contributed by atoms with Gasteiger partial charge in [-0.2, -0.15) is 5.10 Å². The lowest BCUT2D eigenvalue weighted by molar-refractivity contribution is -0.116. The number of carbonyl (C=O) groups excluding carboxylic acids is 2. The van der Waals surface area contributed by atoms with Crippen molar-refractivity contribution in [1.82, 2.24) is 9.78 Å². The van der Waals surface area contributed by atoms with Gasteiger partial charge in [0.15, 0.2) is 0 Å². The standard InChI is InChI=1S/C20H19ClN4O2/c1-13-19(12-22-25(13)18-6-4-5-15(21)11-18)20(27)23-16-7-9-17(10-8-16)24(3)14(2)26/h4-12H,1-3H3,(H,23,27). The van der Waals surface area contributed by atoms with Gasteiger partial charge in [0, 0.05) is 30.4 Å². The number of benzene rings is 2. The van der Waals surface area contributed by atoms with Crippen molar-refractivity contribution in [3.63, 3.8) is 0 Å². The summed E-state index contributed by atoms with van der Waals surface area (Å²) in [5, 5.41) is 7.75. The second-order valence-electron chi connectivity index (χ2n) is 6.11. The van der Waals surface area contributed by atoms with Gasteiger partial charge in [-0.1, -0.05) is 17.7 Å². The highest BCUT2D eigenvalue weighted by molar-refractivity contribution is 6.30. The Labute approximate surface area is 162 Å². The number of halogens is 1. The van der Waals surface area contributed by atoms with Crippen LogP contribution in [0, 0.1) is 6.92 Å². The molecular weight excluding hydrogens is 364 g/mol. The molecule has 0 aliphatic rings. The van der Waals surface area contributed by atoms with E-state index in [1.807, 2.05) is 19.1 Å². The quantitative estimate of drug-likeness (QED) is 0.739. The van der Waals surface area contributed by atoms with Crippen LogP contribution in [-0.2, 0) is 4.79 Å². The molecule has 2 amide bonds. The minimum atomic E-state index is -0.256. The van der Waals surface area contributed by atoms with E-state index in [1.54, 1.807) is 48.1 Å². The molecule has 3 rings (SSSR count). The normalized spacial score (nSPS) is 10.5. The van der Waals surface area contributed by atoms with Crippen LogP contribution >= 0.6 is 11.6 Å². The lowest BCUT2D eigenvalue weighted by atomic mass is 10.2. The summed E-state index contributed by atoms with van der Waals surface area (Å²) in [6.45, 7) is 3.32. The molecule has 2 aromatic carbocycles. The smallest absolute Gasteiger partial charge is 0.259 e. The molecule has 1 heterocycles. The Kier molecular flexibility index (Phi) is 5.28. The molecule has 138 valence electrons. The second kappa shape index (κ2) is 7.63. The van der Waals surface area contributed by atoms with Gasteiger partial charge in [-0.25, -0.2) is 4.68 Å². The number of aromatic nitrogens is 2. The van der Waals surface area contributed by atoms with Crippen LogP contribution in [0.4, 0.5) is 11.4 Å². The molecule has 0 bridgehead atoms. The van der Waals surface area contributed by atoms with E-state index in [2.05, 4.69) is 10.4 Å². The Morgan fingerprint density at radius 1 is 1.15 bits per heavy atom. The van der Waals surface area contributed by atoms with Gasteiger partial charge in [0.1, 0.15) is 0 Å². The van der Waals surface area contributed by atoms with Crippen molar-refractivity contribution in [1.29, 1.82) is 0 Å². The highest BCUT2D eigenvalue weighted by atomic mass is 35.5. The summed E-state index contributed by atoms with van der Waals surface area (Å²) in [6, 6.07) is 14.3. The van der Waals surface area contributed by atoms with E-state index in [0.717, 1.165) is 11.4 Å². The molecule has 0 saturated carbocycles. The number of hydrogen-bond donors (Lipinski definition) is 1. The van der Waals surface area contributed by atoms with Crippen LogP contribution in [0.5, 0.6) is 0 Å². The molecule has 0 fully saturated rings. The molecule has 0 aliphatic carbocycles. The Bertz CT molecular complexity index is 995. The van der Waals surface area contributed by atoms with Crippen LogP contribution in [0.2, 0.25) is 5.02 Å². The van der Waals surface area contributed by atoms with Crippen molar-refractivity contribution >= 4 is 34.8 Å². The number of hydrogen-bond acceptors (Lipinski definition) is 3. The first-order valence-corrected chi connectivity index (χ1v) is 8.71. The highest BCUT2D eigenvalue weighted by Crippen LogP contribution is 2.20. The largest absolute Gasteiger partial charge is 0.322 e. The molecule has 6 nitrogen and oxygen atoms in total. The topological polar surface area (TPSA) is 67.2 Å². The average molecular weight is 383 g/mol. The fourth-order valence-electron chi connectivity index (χ4n) is 2.65. The Morgan fingerprint density at radius 2 is 1.85 bits per heavy atom. The first-order valence-electron chi connectivity index (χ1n) is 8.33. The molecule has 1 aromatic heterocycles. The summed E-state index contributed by atoms with van der Waals surface area (Å²) in [7, 11) is 1.70. The molecule has 0 atom stereocenters. The van der Waals surface area contributed by atoms with Gasteiger partial charge >= 0.3 is 0 Å². The average Bonchev–Trinajstić information content (AvgIpc) is 3.03. The number of rotatable bonds is 4. The van der Waals surface area contributed by atoms with Crippen LogP contribution in [0.3, 0.4) is 0 Å². The Balaban J connectivity index is 1.78. The van der Waals surface area contributed by atoms with Crippen molar-refractivity contribution in [2.24, 2.45) is 0 Å². The maximum atomic E-state index is 12.6. The molecule has 7 heteroatoms. The first-order chi connectivity index (χ1) is 12.9. The van der Waals surface area contributed by atoms with E-state index < -0.39 is 0 Å². The van der Waals surface area contributed by atoms with Gasteiger partial charge in [0.2, 0.25) is 5.91 Å². The Morgan fingerprint density at radius 3 is 2.48 bits per heavy atom. The summed E-state index contributed by atoms with van der Waals surface area (Å²) in [5.74, 6) is -0.315. The summed E-state index contributed by atoms with van der Waals surface area (Å²) >= 11 is 6.03. The maximum absolute atomic E-state index is 12.6. The zero-order valence-corrected chi connectivity index (χ0v) is 16.0. The zero-order chi connectivity index (χ0) is 19.6. The number of nitrogens with zero attached hydrogens (tertiary/aromatic N) is 3. The van der Waals surface area contributed by atoms with Gasteiger partial charge < -0.3 is 10.2 Å². The van der Waals surface area contributed by atoms with Crippen molar-refractivity contribution in [3.8, 4) is 5.69 Å². The third-order valence-electron chi connectivity index (χ3n) is 4.29. The Hall–Kier alpha value is -3.12. The van der Waals surface area contributed by atoms with E-state index in [4.69, 9.17) is 11.6 Å². The predicted octanol–water partition coefficient (Wildman–Crippen LogP) is 4.07. The number of amides is 2. The van der Waals surface area contributed by atoms with Crippen LogP contribution in [0.15, 0.2) is 54.7 Å². The first kappa shape index (κ1) is 18.7. The van der Waals surface area contributed by atoms with Gasteiger partial charge in [-0.3, -0.25) is 9.59 Å². The summed E-state index contributed by atoms with van der Waals surface area (Å²) in [5.41, 5.74) is 3.36. The van der Waals surface area contributed by atoms with E-state index in [-0.39, 0.29) is 11.8 Å². The number of nitrogens with one attached hydrogen (secondary N) is 1. The SMILES string of the molecule is CC(=O)N(C)c1ccc(NC(=O)c2cnn(-c3cccc(Cl)c3)c2C)cc1. The molecular formula is C20H19ClN4O2. The van der Waals surface area contributed by atoms with Gasteiger partial charge in [-0.05, 0) is 49.4 Å². The monoisotopic (exact) mass is 382 g/mol. The lowest BCUT2D eigenvalue weighted by Gasteiger charge is -2.15. The number of carbonyl (C=O) groups is 2. The van der Waals surface area contributed by atoms with Crippen molar-refractivity contribution in [2.45, 2.75) is 13.8 Å². The fraction of sp³-hybridized carbons (Fsp3) is 0.150. The molecule has 0 aliphatic heterocycles. The molecule has 0 radical (unpaired) electrons. The zero-order valence-electron chi connectivity index (χ0n) is 15.2. The molecule has 0 saturated heterocycles. The maximum Gasteiger partial charge on any atom is 0.259 e. The third-order valence-corrected chi connectivity index (χ3v) is 4.53. The summed E-state index contributed by atoms with van der Waals surface area (Å²) in [4.78, 5) is 25.6. The van der Waals surface area contributed by atoms with Crippen LogP contribution in [0.25, 0.3) is 5.69 Å². The van der Waals surface area contributed by atoms with Crippen LogP contribution < -0.4 is 10.2 Å². The van der Waals surface area contributed by atoms with Crippen LogP contribution in [0.1, 0.15) is 23.0 Å². The molecule has 0 spiro atoms. The van der Waals surface area contributed by atoms with Gasteiger partial charge in [0.05, 0.1) is 23.1 Å². The summed E-state index contributed by atoms with van der Waals surface area (Å²) in [6.07, 6.45) is 1.53. The fourth-order valence-corrected chi connectivity index (χ4v) is 2.83. The van der Waals surface area contributed by atoms with Crippen LogP contribution in [-0.4, -0.2) is 28.6 Å².